The fourth-order valence-corrected chi connectivity index (χ4v) is 4.48. The molecule has 0 aliphatic rings. The van der Waals surface area contributed by atoms with E-state index >= 15 is 0 Å². The number of carboxylic acids is 1. The van der Waals surface area contributed by atoms with E-state index in [9.17, 15) is 0 Å². The van der Waals surface area contributed by atoms with E-state index in [1.807, 2.05) is 0 Å². The molecule has 3 rings (SSSR count). The molecular weight excluding hydrogens is 410 g/mol. The fraction of sp³-hybridized carbons (Fsp3) is 0.0500. The Morgan fingerprint density at radius 2 is 0.875 bits per heavy atom. The van der Waals surface area contributed by atoms with Crippen LogP contribution in [0, 0.1) is 0 Å². The van der Waals surface area contributed by atoms with Gasteiger partial charge >= 0.3 is 0 Å². The van der Waals surface area contributed by atoms with Gasteiger partial charge in [-0.2, -0.15) is 0 Å². The number of benzene rings is 3. The number of carbonyl (C=O) groups is 1. The van der Waals surface area contributed by atoms with Crippen molar-refractivity contribution in [2.75, 3.05) is 0 Å². The van der Waals surface area contributed by atoms with E-state index < -0.39 is 13.9 Å². The van der Waals surface area contributed by atoms with Gasteiger partial charge in [-0.3, -0.25) is 4.79 Å². The zero-order valence-corrected chi connectivity index (χ0v) is 15.7. The maximum Gasteiger partial charge on any atom is 0.300 e. The van der Waals surface area contributed by atoms with Crippen LogP contribution in [0.3, 0.4) is 0 Å². The van der Waals surface area contributed by atoms with Crippen molar-refractivity contribution in [2.24, 2.45) is 0 Å². The summed E-state index contributed by atoms with van der Waals surface area (Å²) in [6.45, 7) is 1.08. The third-order valence-corrected chi connectivity index (χ3v) is 5.49. The molecule has 0 bridgehead atoms. The van der Waals surface area contributed by atoms with Crippen LogP contribution in [0.2, 0.25) is 0 Å². The van der Waals surface area contributed by atoms with Crippen molar-refractivity contribution in [3.63, 3.8) is 0 Å². The average Bonchev–Trinajstić information content (AvgIpc) is 2.58. The molecule has 0 heterocycles. The largest absolute Gasteiger partial charge is 0.481 e. The predicted molar refractivity (Wildman–Crippen MR) is 98.5 cm³/mol. The van der Waals surface area contributed by atoms with Crippen LogP contribution in [-0.4, -0.2) is 11.1 Å². The monoisotopic (exact) mass is 428 g/mol. The third kappa shape index (κ3) is 6.38. The standard InChI is InChI=1S/C18H15P.C2H4O2.Pd/c1-4-10-16(11-5-1)19(17-12-6-2-7-13-17)18-14-8-3-9-15-18;1-2(3)4;/h1-15H;1H3,(H,3,4);. The summed E-state index contributed by atoms with van der Waals surface area (Å²) in [5, 5.41) is 11.6. The summed E-state index contributed by atoms with van der Waals surface area (Å²) in [5.74, 6) is -0.833. The molecule has 0 saturated carbocycles. The molecule has 126 valence electrons. The summed E-state index contributed by atoms with van der Waals surface area (Å²) in [4.78, 5) is 9.00. The van der Waals surface area contributed by atoms with Crippen molar-refractivity contribution < 1.29 is 30.3 Å². The van der Waals surface area contributed by atoms with Gasteiger partial charge in [-0.15, -0.1) is 0 Å². The third-order valence-electron chi connectivity index (χ3n) is 3.04. The molecule has 3 aromatic rings. The van der Waals surface area contributed by atoms with Crippen molar-refractivity contribution in [2.45, 2.75) is 6.92 Å². The maximum atomic E-state index is 9.00. The molecule has 4 heteroatoms. The normalized spacial score (nSPS) is 9.42. The first-order valence-corrected chi connectivity index (χ1v) is 8.67. The number of carboxylic acid groups (broad SMARTS) is 1. The van der Waals surface area contributed by atoms with Crippen LogP contribution < -0.4 is 15.9 Å². The molecule has 1 N–H and O–H groups in total. The Balaban J connectivity index is 0.000000522. The number of hydrogen-bond acceptors (Lipinski definition) is 1. The molecule has 0 amide bonds. The SMILES string of the molecule is CC(=O)O.[Pd].c1ccc(P(c2ccccc2)c2ccccc2)cc1. The summed E-state index contributed by atoms with van der Waals surface area (Å²) < 4.78 is 0. The molecule has 0 radical (unpaired) electrons. The summed E-state index contributed by atoms with van der Waals surface area (Å²) in [5.41, 5.74) is 0. The topological polar surface area (TPSA) is 37.3 Å². The van der Waals surface area contributed by atoms with E-state index in [4.69, 9.17) is 9.90 Å². The summed E-state index contributed by atoms with van der Waals surface area (Å²) in [6, 6.07) is 32.3. The minimum atomic E-state index is -0.833. The van der Waals surface area contributed by atoms with Gasteiger partial charge in [0.15, 0.2) is 0 Å². The molecule has 0 aliphatic heterocycles. The van der Waals surface area contributed by atoms with Gasteiger partial charge in [-0.1, -0.05) is 91.0 Å². The second-order valence-electron chi connectivity index (χ2n) is 4.86. The summed E-state index contributed by atoms with van der Waals surface area (Å²) in [7, 11) is -0.446. The molecule has 0 fully saturated rings. The Bertz CT molecular complexity index is 620. The van der Waals surface area contributed by atoms with Crippen LogP contribution in [0.5, 0.6) is 0 Å². The Morgan fingerprint density at radius 1 is 0.667 bits per heavy atom. The van der Waals surface area contributed by atoms with E-state index in [0.717, 1.165) is 6.92 Å². The van der Waals surface area contributed by atoms with E-state index in [-0.39, 0.29) is 20.4 Å². The molecule has 0 spiro atoms. The molecule has 0 saturated heterocycles. The van der Waals surface area contributed by atoms with Crippen LogP contribution in [0.4, 0.5) is 0 Å². The Kier molecular flexibility index (Phi) is 9.20. The van der Waals surface area contributed by atoms with Crippen LogP contribution in [-0.2, 0) is 25.2 Å². The molecule has 2 nitrogen and oxygen atoms in total. The van der Waals surface area contributed by atoms with Gasteiger partial charge in [-0.25, -0.2) is 0 Å². The van der Waals surface area contributed by atoms with Gasteiger partial charge in [0.2, 0.25) is 0 Å². The molecule has 0 aliphatic carbocycles. The van der Waals surface area contributed by atoms with Crippen molar-refractivity contribution in [1.29, 1.82) is 0 Å². The quantitative estimate of drug-likeness (QED) is 0.512. The van der Waals surface area contributed by atoms with Gasteiger partial charge in [0.1, 0.15) is 0 Å². The van der Waals surface area contributed by atoms with E-state index in [1.165, 1.54) is 15.9 Å². The molecule has 0 atom stereocenters. The first-order chi connectivity index (χ1) is 11.2. The Hall–Kier alpha value is -1.78. The molecule has 24 heavy (non-hydrogen) atoms. The minimum absolute atomic E-state index is 0. The predicted octanol–water partition coefficient (Wildman–Crippen LogP) is 3.53. The zero-order chi connectivity index (χ0) is 16.5. The first-order valence-electron chi connectivity index (χ1n) is 7.33. The fourth-order valence-electron chi connectivity index (χ4n) is 2.18. The van der Waals surface area contributed by atoms with Gasteiger partial charge in [0, 0.05) is 27.3 Å². The number of hydrogen-bond donors (Lipinski definition) is 1. The van der Waals surface area contributed by atoms with Crippen LogP contribution in [0.1, 0.15) is 6.92 Å². The van der Waals surface area contributed by atoms with Crippen molar-refractivity contribution in [1.82, 2.24) is 0 Å². The first kappa shape index (κ1) is 20.3. The van der Waals surface area contributed by atoms with Gasteiger partial charge in [0.25, 0.3) is 5.97 Å². The average molecular weight is 429 g/mol. The number of aliphatic carboxylic acids is 1. The summed E-state index contributed by atoms with van der Waals surface area (Å²) >= 11 is 0. The van der Waals surface area contributed by atoms with Crippen LogP contribution >= 0.6 is 7.92 Å². The second kappa shape index (κ2) is 10.9. The zero-order valence-electron chi connectivity index (χ0n) is 13.3. The Labute approximate surface area is 158 Å². The van der Waals surface area contributed by atoms with E-state index in [0.29, 0.717) is 0 Å². The number of rotatable bonds is 3. The maximum absolute atomic E-state index is 9.00. The van der Waals surface area contributed by atoms with Gasteiger partial charge in [0.05, 0.1) is 0 Å². The minimum Gasteiger partial charge on any atom is -0.481 e. The van der Waals surface area contributed by atoms with Crippen LogP contribution in [0.25, 0.3) is 0 Å². The van der Waals surface area contributed by atoms with Gasteiger partial charge < -0.3 is 5.11 Å². The van der Waals surface area contributed by atoms with Gasteiger partial charge in [-0.05, 0) is 23.8 Å². The molecular formula is C20H19O2PPd. The molecule has 3 aromatic carbocycles. The van der Waals surface area contributed by atoms with Crippen LogP contribution in [0.15, 0.2) is 91.0 Å². The van der Waals surface area contributed by atoms with Crippen molar-refractivity contribution >= 4 is 29.8 Å². The van der Waals surface area contributed by atoms with E-state index in [1.54, 1.807) is 0 Å². The van der Waals surface area contributed by atoms with E-state index in [2.05, 4.69) is 91.0 Å². The smallest absolute Gasteiger partial charge is 0.300 e. The Morgan fingerprint density at radius 3 is 1.08 bits per heavy atom. The van der Waals surface area contributed by atoms with Crippen molar-refractivity contribution in [3.05, 3.63) is 91.0 Å². The summed E-state index contributed by atoms with van der Waals surface area (Å²) in [6.07, 6.45) is 0. The molecule has 0 aromatic heterocycles. The second-order valence-corrected chi connectivity index (χ2v) is 7.08. The van der Waals surface area contributed by atoms with Crippen molar-refractivity contribution in [3.8, 4) is 0 Å². The molecule has 0 unspecified atom stereocenters.